The normalized spacial score (nSPS) is 43.5. The smallest absolute Gasteiger partial charge is 0.220 e. The van der Waals surface area contributed by atoms with Gasteiger partial charge in [-0.1, -0.05) is 20.8 Å². The van der Waals surface area contributed by atoms with Crippen LogP contribution in [0.3, 0.4) is 0 Å². The predicted molar refractivity (Wildman–Crippen MR) is 137 cm³/mol. The van der Waals surface area contributed by atoms with Crippen LogP contribution in [0.5, 0.6) is 0 Å². The lowest BCUT2D eigenvalue weighted by atomic mass is 9.43. The van der Waals surface area contributed by atoms with Crippen molar-refractivity contribution in [1.29, 1.82) is 0 Å². The summed E-state index contributed by atoms with van der Waals surface area (Å²) in [6, 6.07) is 3.88. The number of hydrogen-bond donors (Lipinski definition) is 3. The summed E-state index contributed by atoms with van der Waals surface area (Å²) in [6.07, 6.45) is 13.4. The summed E-state index contributed by atoms with van der Waals surface area (Å²) >= 11 is 0. The first kappa shape index (κ1) is 25.2. The Labute approximate surface area is 211 Å². The lowest BCUT2D eigenvalue weighted by Gasteiger charge is -2.62. The summed E-state index contributed by atoms with van der Waals surface area (Å²) in [5, 5.41) is 24.8. The molecule has 3 N–H and O–H groups in total. The molecule has 4 aliphatic carbocycles. The summed E-state index contributed by atoms with van der Waals surface area (Å²) in [6.45, 7) is 7.92. The van der Waals surface area contributed by atoms with E-state index in [0.29, 0.717) is 48.5 Å². The van der Waals surface area contributed by atoms with E-state index in [-0.39, 0.29) is 28.9 Å². The maximum absolute atomic E-state index is 12.5. The fourth-order valence-corrected chi connectivity index (χ4v) is 9.53. The van der Waals surface area contributed by atoms with Gasteiger partial charge < -0.3 is 15.5 Å². The van der Waals surface area contributed by atoms with E-state index in [1.807, 2.05) is 12.1 Å². The molecule has 35 heavy (non-hydrogen) atoms. The first-order valence-electron chi connectivity index (χ1n) is 14.2. The quantitative estimate of drug-likeness (QED) is 0.527. The van der Waals surface area contributed by atoms with E-state index in [9.17, 15) is 15.0 Å². The number of carbonyl (C=O) groups excluding carboxylic acids is 1. The number of hydrogen-bond acceptors (Lipinski definition) is 4. The number of aliphatic hydroxyl groups is 2. The Bertz CT molecular complexity index is 893. The second-order valence-corrected chi connectivity index (χ2v) is 13.1. The van der Waals surface area contributed by atoms with Crippen molar-refractivity contribution in [3.63, 3.8) is 0 Å². The predicted octanol–water partition coefficient (Wildman–Crippen LogP) is 5.10. The number of aliphatic hydroxyl groups excluding tert-OH is 2. The number of nitrogens with zero attached hydrogens (tertiary/aromatic N) is 1. The zero-order valence-corrected chi connectivity index (χ0v) is 22.0. The van der Waals surface area contributed by atoms with Gasteiger partial charge in [-0.25, -0.2) is 0 Å². The van der Waals surface area contributed by atoms with Crippen LogP contribution in [0.4, 0.5) is 0 Å². The van der Waals surface area contributed by atoms with Crippen LogP contribution in [0.1, 0.15) is 90.5 Å². The van der Waals surface area contributed by atoms with Crippen molar-refractivity contribution in [2.75, 3.05) is 0 Å². The topological polar surface area (TPSA) is 82.5 Å². The van der Waals surface area contributed by atoms with Crippen LogP contribution in [0, 0.1) is 46.3 Å². The van der Waals surface area contributed by atoms with Gasteiger partial charge in [0.1, 0.15) is 0 Å². The van der Waals surface area contributed by atoms with Crippen LogP contribution >= 0.6 is 0 Å². The van der Waals surface area contributed by atoms with Crippen LogP contribution in [0.2, 0.25) is 0 Å². The van der Waals surface area contributed by atoms with Crippen LogP contribution in [0.15, 0.2) is 24.5 Å². The van der Waals surface area contributed by atoms with E-state index in [1.54, 1.807) is 12.4 Å². The van der Waals surface area contributed by atoms with E-state index >= 15 is 0 Å². The number of carbonyl (C=O) groups is 1. The highest BCUT2D eigenvalue weighted by atomic mass is 16.3. The maximum Gasteiger partial charge on any atom is 0.220 e. The molecule has 0 spiro atoms. The Morgan fingerprint density at radius 1 is 1.06 bits per heavy atom. The number of rotatable bonds is 6. The first-order chi connectivity index (χ1) is 16.7. The number of aromatic nitrogens is 1. The fourth-order valence-electron chi connectivity index (χ4n) is 9.53. The lowest BCUT2D eigenvalue weighted by molar-refractivity contribution is -0.174. The summed E-state index contributed by atoms with van der Waals surface area (Å²) in [5.74, 6) is 3.34. The summed E-state index contributed by atoms with van der Waals surface area (Å²) in [5.41, 5.74) is 1.63. The molecule has 0 bridgehead atoms. The third kappa shape index (κ3) is 4.56. The molecule has 0 radical (unpaired) electrons. The molecule has 4 fully saturated rings. The van der Waals surface area contributed by atoms with Gasteiger partial charge in [0.2, 0.25) is 5.91 Å². The van der Waals surface area contributed by atoms with Crippen molar-refractivity contribution in [3.8, 4) is 0 Å². The lowest BCUT2D eigenvalue weighted by Crippen LogP contribution is -2.58. The van der Waals surface area contributed by atoms with Gasteiger partial charge in [-0.3, -0.25) is 9.78 Å². The van der Waals surface area contributed by atoms with Gasteiger partial charge in [-0.15, -0.1) is 0 Å². The molecule has 1 amide bonds. The minimum absolute atomic E-state index is 0.137. The molecule has 0 aromatic carbocycles. The largest absolute Gasteiger partial charge is 0.393 e. The van der Waals surface area contributed by atoms with Crippen molar-refractivity contribution in [3.05, 3.63) is 30.1 Å². The average Bonchev–Trinajstić information content (AvgIpc) is 3.20. The van der Waals surface area contributed by atoms with E-state index < -0.39 is 0 Å². The highest BCUT2D eigenvalue weighted by molar-refractivity contribution is 5.75. The highest BCUT2D eigenvalue weighted by Gasteiger charge is 2.62. The Hall–Kier alpha value is -1.46. The molecule has 0 unspecified atom stereocenters. The van der Waals surface area contributed by atoms with E-state index in [4.69, 9.17) is 0 Å². The zero-order chi connectivity index (χ0) is 24.8. The van der Waals surface area contributed by atoms with Crippen LogP contribution in [-0.4, -0.2) is 33.3 Å². The Kier molecular flexibility index (Phi) is 7.04. The van der Waals surface area contributed by atoms with Gasteiger partial charge in [-0.2, -0.15) is 0 Å². The molecule has 1 heterocycles. The van der Waals surface area contributed by atoms with Gasteiger partial charge in [0.05, 0.1) is 12.2 Å². The van der Waals surface area contributed by atoms with Crippen molar-refractivity contribution in [1.82, 2.24) is 10.3 Å². The minimum atomic E-state index is -0.221. The van der Waals surface area contributed by atoms with Crippen LogP contribution in [0.25, 0.3) is 0 Å². The number of fused-ring (bicyclic) bond motifs is 5. The van der Waals surface area contributed by atoms with Gasteiger partial charge in [-0.05, 0) is 122 Å². The molecule has 5 nitrogen and oxygen atoms in total. The molecule has 0 aliphatic heterocycles. The van der Waals surface area contributed by atoms with Crippen LogP contribution < -0.4 is 5.32 Å². The van der Waals surface area contributed by atoms with Crippen molar-refractivity contribution in [2.45, 2.75) is 104 Å². The number of nitrogens with one attached hydrogen (secondary N) is 1. The molecule has 10 atom stereocenters. The molecule has 194 valence electrons. The molecule has 4 saturated carbocycles. The summed E-state index contributed by atoms with van der Waals surface area (Å²) in [4.78, 5) is 16.6. The second kappa shape index (κ2) is 9.78. The fraction of sp³-hybridized carbons (Fsp3) is 0.800. The van der Waals surface area contributed by atoms with Crippen molar-refractivity contribution in [2.24, 2.45) is 46.3 Å². The highest BCUT2D eigenvalue weighted by Crippen LogP contribution is 2.68. The number of amides is 1. The molecule has 0 saturated heterocycles. The van der Waals surface area contributed by atoms with Gasteiger partial charge in [0, 0.05) is 25.4 Å². The number of pyridine rings is 1. The maximum atomic E-state index is 12.5. The van der Waals surface area contributed by atoms with E-state index in [0.717, 1.165) is 37.7 Å². The SMILES string of the molecule is C[C@H](CCC(=O)NCc1ccncc1)[C@H]1CC[C@H]2[C@@H]3[C@@H](O)C[C@@H]4C[C@H](O)CC[C@]4(C)[C@H]3CC[C@]12C. The Balaban J connectivity index is 1.21. The van der Waals surface area contributed by atoms with Gasteiger partial charge in [0.15, 0.2) is 0 Å². The third-order valence-corrected chi connectivity index (χ3v) is 11.5. The summed E-state index contributed by atoms with van der Waals surface area (Å²) < 4.78 is 0. The average molecular weight is 483 g/mol. The molecule has 1 aromatic heterocycles. The Morgan fingerprint density at radius 2 is 1.77 bits per heavy atom. The van der Waals surface area contributed by atoms with E-state index in [1.165, 1.54) is 25.7 Å². The molecule has 5 rings (SSSR count). The first-order valence-corrected chi connectivity index (χ1v) is 14.2. The van der Waals surface area contributed by atoms with Crippen molar-refractivity contribution < 1.29 is 15.0 Å². The molecular weight excluding hydrogens is 436 g/mol. The zero-order valence-electron chi connectivity index (χ0n) is 22.0. The van der Waals surface area contributed by atoms with Gasteiger partial charge in [0.25, 0.3) is 0 Å². The van der Waals surface area contributed by atoms with E-state index in [2.05, 4.69) is 31.1 Å². The Morgan fingerprint density at radius 3 is 2.54 bits per heavy atom. The molecule has 5 heteroatoms. The minimum Gasteiger partial charge on any atom is -0.393 e. The third-order valence-electron chi connectivity index (χ3n) is 11.5. The second-order valence-electron chi connectivity index (χ2n) is 13.1. The van der Waals surface area contributed by atoms with Gasteiger partial charge >= 0.3 is 0 Å². The molecule has 4 aliphatic rings. The molecule has 1 aromatic rings. The van der Waals surface area contributed by atoms with Crippen LogP contribution in [-0.2, 0) is 11.3 Å². The van der Waals surface area contributed by atoms with Crippen molar-refractivity contribution >= 4 is 5.91 Å². The standard InChI is InChI=1S/C30H46N2O3/c1-19(4-7-27(35)32-18-20-10-14-31-15-11-20)23-5-6-24-28-25(9-13-30(23,24)3)29(2)12-8-22(33)16-21(29)17-26(28)34/h10-11,14-15,19,21-26,28,33-34H,4-9,12-13,16-18H2,1-3H3,(H,32,35)/t19-,21+,22-,23-,24+,25+,26+,28+,29+,30-/m1/s1. The molecular formula is C30H46N2O3. The monoisotopic (exact) mass is 482 g/mol. The summed E-state index contributed by atoms with van der Waals surface area (Å²) in [7, 11) is 0.